The van der Waals surface area contributed by atoms with Crippen LogP contribution in [0.3, 0.4) is 0 Å². The fourth-order valence-electron chi connectivity index (χ4n) is 4.29. The molecule has 0 spiro atoms. The van der Waals surface area contributed by atoms with Gasteiger partial charge in [-0.25, -0.2) is 19.1 Å². The maximum Gasteiger partial charge on any atom is 0.332 e. The van der Waals surface area contributed by atoms with Gasteiger partial charge in [0.15, 0.2) is 0 Å². The number of fused-ring (bicyclic) bond motifs is 2. The molecule has 0 bridgehead atoms. The molecule has 1 aromatic carbocycles. The summed E-state index contributed by atoms with van der Waals surface area (Å²) >= 11 is 0. The third kappa shape index (κ3) is 2.97. The van der Waals surface area contributed by atoms with Gasteiger partial charge in [0.05, 0.1) is 18.8 Å². The molecule has 0 saturated carbocycles. The Morgan fingerprint density at radius 2 is 1.87 bits per heavy atom. The number of hydrogen-bond donors (Lipinski definition) is 0. The number of carbonyl (C=O) groups is 2. The number of aromatic nitrogens is 5. The molecule has 3 aromatic rings. The van der Waals surface area contributed by atoms with Crippen molar-refractivity contribution in [2.45, 2.75) is 38.8 Å². The number of imide groups is 1. The summed E-state index contributed by atoms with van der Waals surface area (Å²) in [4.78, 5) is 33.5. The van der Waals surface area contributed by atoms with Crippen LogP contribution in [0.15, 0.2) is 36.4 Å². The predicted molar refractivity (Wildman–Crippen MR) is 109 cm³/mol. The third-order valence-corrected chi connectivity index (χ3v) is 5.79. The van der Waals surface area contributed by atoms with Crippen LogP contribution in [0.25, 0.3) is 0 Å². The number of urea groups is 1. The van der Waals surface area contributed by atoms with Gasteiger partial charge >= 0.3 is 11.9 Å². The third-order valence-electron chi connectivity index (χ3n) is 5.79. The Balaban J connectivity index is 1.44. The van der Waals surface area contributed by atoms with Crippen molar-refractivity contribution in [3.8, 4) is 0 Å². The van der Waals surface area contributed by atoms with Crippen molar-refractivity contribution in [1.82, 2.24) is 29.4 Å². The van der Waals surface area contributed by atoms with Gasteiger partial charge in [0.25, 0.3) is 0 Å². The minimum atomic E-state index is -0.469. The Hall–Kier alpha value is -3.49. The quantitative estimate of drug-likeness (QED) is 0.653. The molecule has 0 saturated heterocycles. The molecular weight excluding hydrogens is 382 g/mol. The normalized spacial score (nSPS) is 18.7. The van der Waals surface area contributed by atoms with Crippen LogP contribution in [0.4, 0.5) is 10.6 Å². The molecule has 3 amide bonds. The predicted octanol–water partition coefficient (Wildman–Crippen LogP) is 2.42. The van der Waals surface area contributed by atoms with Crippen LogP contribution in [-0.2, 0) is 13.1 Å². The first-order chi connectivity index (χ1) is 14.5. The standard InChI is InChI=1S/C21H23N7O2/c1-14-13-17-25(2)21(30)26(11-12-27(17)23-14)20(29)18-22-19-16(9-6-10-28(19)24-18)15-7-4-3-5-8-15/h3-5,7-8,13,16H,6,9-12H2,1-2H3. The molecule has 30 heavy (non-hydrogen) atoms. The highest BCUT2D eigenvalue weighted by Crippen LogP contribution is 2.32. The average molecular weight is 405 g/mol. The van der Waals surface area contributed by atoms with Crippen LogP contribution in [0.1, 0.15) is 46.5 Å². The van der Waals surface area contributed by atoms with Gasteiger partial charge < -0.3 is 0 Å². The molecule has 2 aromatic heterocycles. The van der Waals surface area contributed by atoms with Crippen LogP contribution in [0.2, 0.25) is 0 Å². The number of aryl methyl sites for hydroxylation is 2. The van der Waals surface area contributed by atoms with Gasteiger partial charge in [-0.3, -0.25) is 14.6 Å². The van der Waals surface area contributed by atoms with E-state index in [1.165, 1.54) is 9.80 Å². The van der Waals surface area contributed by atoms with Crippen molar-refractivity contribution >= 4 is 17.8 Å². The van der Waals surface area contributed by atoms with E-state index in [1.54, 1.807) is 11.7 Å². The zero-order chi connectivity index (χ0) is 20.8. The highest BCUT2D eigenvalue weighted by atomic mass is 16.2. The van der Waals surface area contributed by atoms with E-state index >= 15 is 0 Å². The molecule has 5 rings (SSSR count). The molecule has 4 heterocycles. The van der Waals surface area contributed by atoms with Gasteiger partial charge in [-0.2, -0.15) is 5.10 Å². The van der Waals surface area contributed by atoms with Crippen LogP contribution in [-0.4, -0.2) is 55.0 Å². The van der Waals surface area contributed by atoms with E-state index < -0.39 is 11.9 Å². The summed E-state index contributed by atoms with van der Waals surface area (Å²) in [5.74, 6) is 1.17. The van der Waals surface area contributed by atoms with Gasteiger partial charge in [-0.05, 0) is 25.3 Å². The minimum absolute atomic E-state index is 0.0744. The highest BCUT2D eigenvalue weighted by molar-refractivity contribution is 6.07. The molecule has 154 valence electrons. The molecule has 0 N–H and O–H groups in total. The van der Waals surface area contributed by atoms with Crippen molar-refractivity contribution in [3.63, 3.8) is 0 Å². The Bertz CT molecular complexity index is 1120. The number of hydrogen-bond acceptors (Lipinski definition) is 5. The lowest BCUT2D eigenvalue weighted by Gasteiger charge is -2.22. The summed E-state index contributed by atoms with van der Waals surface area (Å²) in [5, 5.41) is 8.87. The molecule has 2 aliphatic rings. The van der Waals surface area contributed by atoms with E-state index in [-0.39, 0.29) is 18.3 Å². The molecule has 0 fully saturated rings. The summed E-state index contributed by atoms with van der Waals surface area (Å²) in [6.07, 6.45) is 1.93. The zero-order valence-electron chi connectivity index (χ0n) is 17.0. The molecule has 2 aliphatic heterocycles. The van der Waals surface area contributed by atoms with E-state index in [0.717, 1.165) is 36.5 Å². The van der Waals surface area contributed by atoms with Crippen LogP contribution < -0.4 is 4.90 Å². The Kier molecular flexibility index (Phi) is 4.38. The first kappa shape index (κ1) is 18.5. The first-order valence-electron chi connectivity index (χ1n) is 10.2. The second kappa shape index (κ2) is 7.08. The number of amides is 3. The van der Waals surface area contributed by atoms with E-state index in [4.69, 9.17) is 0 Å². The molecular formula is C21H23N7O2. The summed E-state index contributed by atoms with van der Waals surface area (Å²) in [5.41, 5.74) is 2.00. The fraction of sp³-hybridized carbons (Fsp3) is 0.381. The van der Waals surface area contributed by atoms with Crippen molar-refractivity contribution < 1.29 is 9.59 Å². The molecule has 1 atom stereocenters. The second-order valence-corrected chi connectivity index (χ2v) is 7.79. The smallest absolute Gasteiger partial charge is 0.281 e. The Labute approximate surface area is 173 Å². The first-order valence-corrected chi connectivity index (χ1v) is 10.2. The number of nitrogens with zero attached hydrogens (tertiary/aromatic N) is 7. The van der Waals surface area contributed by atoms with E-state index in [2.05, 4.69) is 27.3 Å². The van der Waals surface area contributed by atoms with E-state index in [0.29, 0.717) is 12.4 Å². The molecule has 0 aliphatic carbocycles. The lowest BCUT2D eigenvalue weighted by molar-refractivity contribution is 0.0793. The van der Waals surface area contributed by atoms with Gasteiger partial charge in [-0.1, -0.05) is 30.3 Å². The van der Waals surface area contributed by atoms with Crippen LogP contribution >= 0.6 is 0 Å². The minimum Gasteiger partial charge on any atom is -0.281 e. The van der Waals surface area contributed by atoms with Crippen molar-refractivity contribution in [2.75, 3.05) is 18.5 Å². The lowest BCUT2D eigenvalue weighted by atomic mass is 9.91. The molecule has 9 nitrogen and oxygen atoms in total. The molecule has 0 radical (unpaired) electrons. The summed E-state index contributed by atoms with van der Waals surface area (Å²) in [6.45, 7) is 3.26. The zero-order valence-corrected chi connectivity index (χ0v) is 17.0. The SMILES string of the molecule is Cc1cc2n(n1)CCN(C(=O)c1nc3n(n1)CCCC3c1ccccc1)C(=O)N2C. The Morgan fingerprint density at radius 3 is 2.67 bits per heavy atom. The van der Waals surface area contributed by atoms with Crippen molar-refractivity contribution in [1.29, 1.82) is 0 Å². The van der Waals surface area contributed by atoms with Gasteiger partial charge in [0.1, 0.15) is 11.6 Å². The molecule has 1 unspecified atom stereocenters. The fourth-order valence-corrected chi connectivity index (χ4v) is 4.29. The van der Waals surface area contributed by atoms with E-state index in [9.17, 15) is 9.59 Å². The van der Waals surface area contributed by atoms with Gasteiger partial charge in [0.2, 0.25) is 5.82 Å². The van der Waals surface area contributed by atoms with Gasteiger partial charge in [0, 0.05) is 25.6 Å². The van der Waals surface area contributed by atoms with Crippen molar-refractivity contribution in [2.24, 2.45) is 0 Å². The number of anilines is 1. The number of carbonyl (C=O) groups excluding carboxylic acids is 2. The maximum absolute atomic E-state index is 13.2. The van der Waals surface area contributed by atoms with E-state index in [1.807, 2.05) is 35.9 Å². The monoisotopic (exact) mass is 405 g/mol. The summed E-state index contributed by atoms with van der Waals surface area (Å²) < 4.78 is 3.56. The Morgan fingerprint density at radius 1 is 1.07 bits per heavy atom. The molecule has 9 heteroatoms. The van der Waals surface area contributed by atoms with Crippen LogP contribution in [0.5, 0.6) is 0 Å². The number of benzene rings is 1. The van der Waals surface area contributed by atoms with Crippen molar-refractivity contribution in [3.05, 3.63) is 59.3 Å². The van der Waals surface area contributed by atoms with Gasteiger partial charge in [-0.15, -0.1) is 5.10 Å². The largest absolute Gasteiger partial charge is 0.332 e. The summed E-state index contributed by atoms with van der Waals surface area (Å²) in [7, 11) is 1.65. The second-order valence-electron chi connectivity index (χ2n) is 7.79. The van der Waals surface area contributed by atoms with Crippen LogP contribution in [0, 0.1) is 6.92 Å². The average Bonchev–Trinajstić information content (AvgIpc) is 3.34. The number of rotatable bonds is 2. The maximum atomic E-state index is 13.2. The topological polar surface area (TPSA) is 89.1 Å². The summed E-state index contributed by atoms with van der Waals surface area (Å²) in [6, 6.07) is 11.6. The lowest BCUT2D eigenvalue weighted by Crippen LogP contribution is -2.44. The highest BCUT2D eigenvalue weighted by Gasteiger charge is 2.35.